The standard InChI is InChI=1S/C24H31N3O4S/c1-17-5-10-22(18(2)15-17)32(30,31)27-13-11-20(12-14-27)23(28)25-16-19-6-8-21(9-7-19)24(29)26(3)4/h5-10,15,20H,11-14,16H2,1-4H3,(H,25,28). The van der Waals surface area contributed by atoms with E-state index in [4.69, 9.17) is 0 Å². The monoisotopic (exact) mass is 457 g/mol. The van der Waals surface area contributed by atoms with Crippen LogP contribution in [0.3, 0.4) is 0 Å². The van der Waals surface area contributed by atoms with Gasteiger partial charge in [0.25, 0.3) is 5.91 Å². The average Bonchev–Trinajstić information content (AvgIpc) is 2.77. The van der Waals surface area contributed by atoms with E-state index >= 15 is 0 Å². The van der Waals surface area contributed by atoms with Crippen molar-refractivity contribution in [2.45, 2.75) is 38.1 Å². The number of sulfonamides is 1. The highest BCUT2D eigenvalue weighted by Gasteiger charge is 2.32. The number of benzene rings is 2. The van der Waals surface area contributed by atoms with E-state index in [1.165, 1.54) is 9.21 Å². The Kier molecular flexibility index (Phi) is 7.36. The Hall–Kier alpha value is -2.71. The number of hydrogen-bond donors (Lipinski definition) is 1. The predicted molar refractivity (Wildman–Crippen MR) is 124 cm³/mol. The summed E-state index contributed by atoms with van der Waals surface area (Å²) in [6.07, 6.45) is 0.985. The summed E-state index contributed by atoms with van der Waals surface area (Å²) in [7, 11) is -0.154. The number of nitrogens with zero attached hydrogens (tertiary/aromatic N) is 2. The Morgan fingerprint density at radius 1 is 1.03 bits per heavy atom. The normalized spacial score (nSPS) is 15.4. The Morgan fingerprint density at radius 3 is 2.22 bits per heavy atom. The first-order valence-corrected chi connectivity index (χ1v) is 12.2. The maximum absolute atomic E-state index is 13.0. The summed E-state index contributed by atoms with van der Waals surface area (Å²) in [6, 6.07) is 12.5. The van der Waals surface area contributed by atoms with Gasteiger partial charge in [-0.3, -0.25) is 9.59 Å². The molecule has 0 saturated carbocycles. The van der Waals surface area contributed by atoms with Crippen molar-refractivity contribution in [3.63, 3.8) is 0 Å². The highest BCUT2D eigenvalue weighted by Crippen LogP contribution is 2.26. The topological polar surface area (TPSA) is 86.8 Å². The fourth-order valence-electron chi connectivity index (χ4n) is 3.94. The Morgan fingerprint density at radius 2 is 1.66 bits per heavy atom. The molecule has 2 amide bonds. The largest absolute Gasteiger partial charge is 0.352 e. The van der Waals surface area contributed by atoms with E-state index in [1.807, 2.05) is 38.1 Å². The lowest BCUT2D eigenvalue weighted by molar-refractivity contribution is -0.126. The van der Waals surface area contributed by atoms with Gasteiger partial charge in [-0.2, -0.15) is 4.31 Å². The summed E-state index contributed by atoms with van der Waals surface area (Å²) in [5.41, 5.74) is 3.27. The van der Waals surface area contributed by atoms with Crippen LogP contribution in [-0.2, 0) is 21.4 Å². The molecule has 0 aromatic heterocycles. The van der Waals surface area contributed by atoms with Crippen molar-refractivity contribution < 1.29 is 18.0 Å². The highest BCUT2D eigenvalue weighted by atomic mass is 32.2. The van der Waals surface area contributed by atoms with Crippen LogP contribution in [0.15, 0.2) is 47.4 Å². The lowest BCUT2D eigenvalue weighted by atomic mass is 9.97. The van der Waals surface area contributed by atoms with Gasteiger partial charge in [-0.1, -0.05) is 29.8 Å². The number of nitrogens with one attached hydrogen (secondary N) is 1. The van der Waals surface area contributed by atoms with Crippen LogP contribution in [-0.4, -0.2) is 56.6 Å². The lowest BCUT2D eigenvalue weighted by Crippen LogP contribution is -2.43. The van der Waals surface area contributed by atoms with Crippen molar-refractivity contribution in [2.24, 2.45) is 5.92 Å². The molecule has 1 N–H and O–H groups in total. The summed E-state index contributed by atoms with van der Waals surface area (Å²) in [5.74, 6) is -0.347. The first-order chi connectivity index (χ1) is 15.1. The van der Waals surface area contributed by atoms with Crippen molar-refractivity contribution in [1.29, 1.82) is 0 Å². The van der Waals surface area contributed by atoms with Gasteiger partial charge in [0.15, 0.2) is 0 Å². The van der Waals surface area contributed by atoms with Crippen molar-refractivity contribution in [2.75, 3.05) is 27.2 Å². The molecule has 2 aromatic carbocycles. The SMILES string of the molecule is Cc1ccc(S(=O)(=O)N2CCC(C(=O)NCc3ccc(C(=O)N(C)C)cc3)CC2)c(C)c1. The number of hydrogen-bond acceptors (Lipinski definition) is 4. The third-order valence-electron chi connectivity index (χ3n) is 5.85. The molecule has 1 aliphatic heterocycles. The van der Waals surface area contributed by atoms with Gasteiger partial charge >= 0.3 is 0 Å². The minimum absolute atomic E-state index is 0.0665. The molecule has 2 aromatic rings. The first kappa shape index (κ1) is 23.9. The maximum Gasteiger partial charge on any atom is 0.253 e. The molecular formula is C24H31N3O4S. The van der Waals surface area contributed by atoms with E-state index in [9.17, 15) is 18.0 Å². The number of carbonyl (C=O) groups excluding carboxylic acids is 2. The number of amides is 2. The molecule has 1 aliphatic rings. The minimum atomic E-state index is -3.56. The van der Waals surface area contributed by atoms with Crippen LogP contribution in [0.1, 0.15) is 39.9 Å². The van der Waals surface area contributed by atoms with E-state index in [1.54, 1.807) is 32.3 Å². The molecule has 1 heterocycles. The molecule has 0 spiro atoms. The third-order valence-corrected chi connectivity index (χ3v) is 7.91. The Labute approximate surface area is 190 Å². The van der Waals surface area contributed by atoms with Crippen molar-refractivity contribution in [3.05, 3.63) is 64.7 Å². The molecule has 7 nitrogen and oxygen atoms in total. The first-order valence-electron chi connectivity index (χ1n) is 10.8. The van der Waals surface area contributed by atoms with Gasteiger partial charge in [0.05, 0.1) is 4.90 Å². The minimum Gasteiger partial charge on any atom is -0.352 e. The zero-order valence-electron chi connectivity index (χ0n) is 19.1. The quantitative estimate of drug-likeness (QED) is 0.723. The summed E-state index contributed by atoms with van der Waals surface area (Å²) >= 11 is 0. The summed E-state index contributed by atoms with van der Waals surface area (Å²) in [6.45, 7) is 4.77. The fraction of sp³-hybridized carbons (Fsp3) is 0.417. The second-order valence-corrected chi connectivity index (χ2v) is 10.5. The second kappa shape index (κ2) is 9.83. The van der Waals surface area contributed by atoms with Crippen LogP contribution >= 0.6 is 0 Å². The predicted octanol–water partition coefficient (Wildman–Crippen LogP) is 2.72. The van der Waals surface area contributed by atoms with Gasteiger partial charge in [-0.15, -0.1) is 0 Å². The number of aryl methyl sites for hydroxylation is 2. The second-order valence-electron chi connectivity index (χ2n) is 8.56. The molecule has 0 atom stereocenters. The molecule has 8 heteroatoms. The Bertz CT molecular complexity index is 1090. The number of rotatable bonds is 6. The van der Waals surface area contributed by atoms with Gasteiger partial charge in [-0.25, -0.2) is 8.42 Å². The van der Waals surface area contributed by atoms with Crippen molar-refractivity contribution in [1.82, 2.24) is 14.5 Å². The molecule has 0 bridgehead atoms. The van der Waals surface area contributed by atoms with Crippen LogP contribution in [0.4, 0.5) is 0 Å². The zero-order valence-corrected chi connectivity index (χ0v) is 19.9. The molecular weight excluding hydrogens is 426 g/mol. The van der Waals surface area contributed by atoms with Crippen LogP contribution < -0.4 is 5.32 Å². The van der Waals surface area contributed by atoms with E-state index in [0.717, 1.165) is 16.7 Å². The van der Waals surface area contributed by atoms with Crippen LogP contribution in [0.5, 0.6) is 0 Å². The maximum atomic E-state index is 13.0. The smallest absolute Gasteiger partial charge is 0.253 e. The van der Waals surface area contributed by atoms with Gasteiger partial charge in [0, 0.05) is 45.2 Å². The molecule has 3 rings (SSSR count). The number of piperidine rings is 1. The third kappa shape index (κ3) is 5.37. The van der Waals surface area contributed by atoms with Gasteiger partial charge in [0.1, 0.15) is 0 Å². The molecule has 0 unspecified atom stereocenters. The van der Waals surface area contributed by atoms with Gasteiger partial charge < -0.3 is 10.2 Å². The van der Waals surface area contributed by atoms with E-state index in [0.29, 0.717) is 42.9 Å². The average molecular weight is 458 g/mol. The highest BCUT2D eigenvalue weighted by molar-refractivity contribution is 7.89. The fourth-order valence-corrected chi connectivity index (χ4v) is 5.62. The molecule has 1 fully saturated rings. The van der Waals surface area contributed by atoms with Crippen molar-refractivity contribution >= 4 is 21.8 Å². The molecule has 172 valence electrons. The van der Waals surface area contributed by atoms with Gasteiger partial charge in [-0.05, 0) is 56.0 Å². The Balaban J connectivity index is 1.54. The number of carbonyl (C=O) groups is 2. The zero-order chi connectivity index (χ0) is 23.5. The van der Waals surface area contributed by atoms with Gasteiger partial charge in [0.2, 0.25) is 15.9 Å². The van der Waals surface area contributed by atoms with Crippen molar-refractivity contribution in [3.8, 4) is 0 Å². The summed E-state index contributed by atoms with van der Waals surface area (Å²) < 4.78 is 27.5. The van der Waals surface area contributed by atoms with Crippen LogP contribution in [0.2, 0.25) is 0 Å². The molecule has 0 aliphatic carbocycles. The summed E-state index contributed by atoms with van der Waals surface area (Å²) in [5, 5.41) is 2.94. The van der Waals surface area contributed by atoms with E-state index < -0.39 is 10.0 Å². The molecule has 1 saturated heterocycles. The van der Waals surface area contributed by atoms with E-state index in [2.05, 4.69) is 5.32 Å². The summed E-state index contributed by atoms with van der Waals surface area (Å²) in [4.78, 5) is 26.4. The lowest BCUT2D eigenvalue weighted by Gasteiger charge is -2.31. The van der Waals surface area contributed by atoms with Crippen LogP contribution in [0, 0.1) is 19.8 Å². The molecule has 32 heavy (non-hydrogen) atoms. The van der Waals surface area contributed by atoms with Crippen LogP contribution in [0.25, 0.3) is 0 Å². The van der Waals surface area contributed by atoms with E-state index in [-0.39, 0.29) is 17.7 Å². The molecule has 0 radical (unpaired) electrons.